The molecule has 1 fully saturated rings. The van der Waals surface area contributed by atoms with Crippen LogP contribution >= 0.6 is 34.8 Å². The monoisotopic (exact) mass is 334 g/mol. The number of hydrogen-bond acceptors (Lipinski definition) is 3. The van der Waals surface area contributed by atoms with Gasteiger partial charge in [-0.1, -0.05) is 23.2 Å². The van der Waals surface area contributed by atoms with Crippen LogP contribution in [0.5, 0.6) is 0 Å². The van der Waals surface area contributed by atoms with Gasteiger partial charge >= 0.3 is 0 Å². The third kappa shape index (κ3) is 2.76. The summed E-state index contributed by atoms with van der Waals surface area (Å²) in [6.07, 6.45) is -0.00225. The second-order valence-electron chi connectivity index (χ2n) is 4.60. The topological polar surface area (TPSA) is 36.3 Å². The van der Waals surface area contributed by atoms with Crippen molar-refractivity contribution in [2.24, 2.45) is 0 Å². The predicted octanol–water partition coefficient (Wildman–Crippen LogP) is 3.50. The number of halogens is 3. The largest absolute Gasteiger partial charge is 0.376 e. The third-order valence-corrected chi connectivity index (χ3v) is 4.22. The van der Waals surface area contributed by atoms with E-state index in [4.69, 9.17) is 44.3 Å². The van der Waals surface area contributed by atoms with Gasteiger partial charge < -0.3 is 14.0 Å². The molecule has 0 aliphatic carbocycles. The summed E-state index contributed by atoms with van der Waals surface area (Å²) in [6, 6.07) is 3.57. The Labute approximate surface area is 131 Å². The summed E-state index contributed by atoms with van der Waals surface area (Å²) >= 11 is 18.1. The maximum absolute atomic E-state index is 6.09. The maximum Gasteiger partial charge on any atom is 0.124 e. The molecule has 108 valence electrons. The summed E-state index contributed by atoms with van der Waals surface area (Å²) in [4.78, 5) is 4.49. The molecule has 1 aliphatic heterocycles. The molecular weight excluding hydrogens is 323 g/mol. The Kier molecular flexibility index (Phi) is 4.38. The normalized spacial score (nSPS) is 19.6. The lowest BCUT2D eigenvalue weighted by Crippen LogP contribution is -2.32. The van der Waals surface area contributed by atoms with Gasteiger partial charge in [-0.25, -0.2) is 4.98 Å². The number of nitrogens with zero attached hydrogens (tertiary/aromatic N) is 2. The van der Waals surface area contributed by atoms with Crippen molar-refractivity contribution in [3.63, 3.8) is 0 Å². The Morgan fingerprint density at radius 1 is 1.25 bits per heavy atom. The molecular formula is C13H13Cl3N2O2. The number of ether oxygens (including phenoxy) is 2. The van der Waals surface area contributed by atoms with Gasteiger partial charge in [-0.3, -0.25) is 0 Å². The predicted molar refractivity (Wildman–Crippen MR) is 79.9 cm³/mol. The van der Waals surface area contributed by atoms with Gasteiger partial charge in [-0.2, -0.15) is 0 Å². The molecule has 4 nitrogen and oxygen atoms in total. The molecule has 20 heavy (non-hydrogen) atoms. The van der Waals surface area contributed by atoms with Crippen LogP contribution in [0, 0.1) is 0 Å². The van der Waals surface area contributed by atoms with Crippen LogP contribution in [-0.2, 0) is 21.9 Å². The zero-order chi connectivity index (χ0) is 14.1. The fourth-order valence-corrected chi connectivity index (χ4v) is 2.84. The lowest BCUT2D eigenvalue weighted by atomic mass is 10.3. The van der Waals surface area contributed by atoms with E-state index in [0.29, 0.717) is 42.3 Å². The molecule has 0 bridgehead atoms. The Morgan fingerprint density at radius 3 is 2.75 bits per heavy atom. The van der Waals surface area contributed by atoms with E-state index < -0.39 is 0 Å². The Hall–Kier alpha value is -0.520. The van der Waals surface area contributed by atoms with Crippen molar-refractivity contribution in [1.29, 1.82) is 0 Å². The summed E-state index contributed by atoms with van der Waals surface area (Å²) in [5.41, 5.74) is 1.69. The zero-order valence-corrected chi connectivity index (χ0v) is 12.9. The SMILES string of the molecule is ClCc1nc2cc(Cl)c(Cl)cc2n1CC1COCCO1. The molecule has 1 aliphatic rings. The first kappa shape index (κ1) is 14.4. The third-order valence-electron chi connectivity index (χ3n) is 3.26. The molecule has 1 aromatic heterocycles. The molecule has 0 spiro atoms. The number of benzene rings is 1. The van der Waals surface area contributed by atoms with E-state index in [1.54, 1.807) is 6.07 Å². The summed E-state index contributed by atoms with van der Waals surface area (Å²) in [6.45, 7) is 2.46. The molecule has 0 radical (unpaired) electrons. The minimum absolute atomic E-state index is 0.00225. The van der Waals surface area contributed by atoms with Gasteiger partial charge in [-0.05, 0) is 12.1 Å². The molecule has 1 saturated heterocycles. The maximum atomic E-state index is 6.09. The molecule has 2 aromatic rings. The second kappa shape index (κ2) is 6.08. The van der Waals surface area contributed by atoms with E-state index in [0.717, 1.165) is 16.9 Å². The highest BCUT2D eigenvalue weighted by Crippen LogP contribution is 2.29. The highest BCUT2D eigenvalue weighted by Gasteiger charge is 2.19. The van der Waals surface area contributed by atoms with Crippen LogP contribution < -0.4 is 0 Å². The van der Waals surface area contributed by atoms with Gasteiger partial charge in [0.05, 0.1) is 59.4 Å². The quantitative estimate of drug-likeness (QED) is 0.806. The lowest BCUT2D eigenvalue weighted by Gasteiger charge is -2.24. The molecule has 0 saturated carbocycles. The average molecular weight is 336 g/mol. The van der Waals surface area contributed by atoms with Crippen LogP contribution in [0.25, 0.3) is 11.0 Å². The summed E-state index contributed by atoms with van der Waals surface area (Å²) in [5.74, 6) is 1.09. The molecule has 3 rings (SSSR count). The number of hydrogen-bond donors (Lipinski definition) is 0. The van der Waals surface area contributed by atoms with Gasteiger partial charge in [0.2, 0.25) is 0 Å². The number of alkyl halides is 1. The van der Waals surface area contributed by atoms with Crippen molar-refractivity contribution in [1.82, 2.24) is 9.55 Å². The molecule has 1 unspecified atom stereocenters. The molecule has 0 amide bonds. The van der Waals surface area contributed by atoms with Crippen molar-refractivity contribution in [2.75, 3.05) is 19.8 Å². The van der Waals surface area contributed by atoms with E-state index in [-0.39, 0.29) is 6.10 Å². The standard InChI is InChI=1S/C13H13Cl3N2O2/c14-5-13-17-11-3-9(15)10(16)4-12(11)18(13)6-8-7-19-1-2-20-8/h3-4,8H,1-2,5-7H2. The summed E-state index contributed by atoms with van der Waals surface area (Å²) in [5, 5.41) is 0.990. The summed E-state index contributed by atoms with van der Waals surface area (Å²) < 4.78 is 13.1. The smallest absolute Gasteiger partial charge is 0.124 e. The average Bonchev–Trinajstić information content (AvgIpc) is 2.78. The van der Waals surface area contributed by atoms with E-state index in [2.05, 4.69) is 4.98 Å². The molecule has 2 heterocycles. The van der Waals surface area contributed by atoms with Crippen molar-refractivity contribution in [3.05, 3.63) is 28.0 Å². The van der Waals surface area contributed by atoms with Gasteiger partial charge in [0.15, 0.2) is 0 Å². The fourth-order valence-electron chi connectivity index (χ4n) is 2.32. The Morgan fingerprint density at radius 2 is 2.05 bits per heavy atom. The van der Waals surface area contributed by atoms with Crippen molar-refractivity contribution < 1.29 is 9.47 Å². The fraction of sp³-hybridized carbons (Fsp3) is 0.462. The Balaban J connectivity index is 2.00. The first-order chi connectivity index (χ1) is 9.69. The van der Waals surface area contributed by atoms with E-state index >= 15 is 0 Å². The second-order valence-corrected chi connectivity index (χ2v) is 5.68. The van der Waals surface area contributed by atoms with Crippen molar-refractivity contribution in [3.8, 4) is 0 Å². The van der Waals surface area contributed by atoms with Crippen molar-refractivity contribution in [2.45, 2.75) is 18.5 Å². The van der Waals surface area contributed by atoms with Crippen molar-refractivity contribution >= 4 is 45.8 Å². The first-order valence-electron chi connectivity index (χ1n) is 6.28. The van der Waals surface area contributed by atoms with Crippen LogP contribution in [-0.4, -0.2) is 35.5 Å². The van der Waals surface area contributed by atoms with Gasteiger partial charge in [-0.15, -0.1) is 11.6 Å². The lowest BCUT2D eigenvalue weighted by molar-refractivity contribution is -0.0934. The van der Waals surface area contributed by atoms with Gasteiger partial charge in [0.25, 0.3) is 0 Å². The van der Waals surface area contributed by atoms with Crippen LogP contribution in [0.4, 0.5) is 0 Å². The first-order valence-corrected chi connectivity index (χ1v) is 7.57. The van der Waals surface area contributed by atoms with E-state index in [1.807, 2.05) is 10.6 Å². The number of rotatable bonds is 3. The van der Waals surface area contributed by atoms with Crippen LogP contribution in [0.1, 0.15) is 5.82 Å². The Bertz CT molecular complexity index is 624. The highest BCUT2D eigenvalue weighted by molar-refractivity contribution is 6.42. The number of aromatic nitrogens is 2. The number of imidazole rings is 1. The van der Waals surface area contributed by atoms with Gasteiger partial charge in [0.1, 0.15) is 5.82 Å². The molecule has 1 aromatic carbocycles. The van der Waals surface area contributed by atoms with Crippen LogP contribution in [0.3, 0.4) is 0 Å². The zero-order valence-electron chi connectivity index (χ0n) is 10.6. The van der Waals surface area contributed by atoms with E-state index in [1.165, 1.54) is 0 Å². The molecule has 0 N–H and O–H groups in total. The highest BCUT2D eigenvalue weighted by atomic mass is 35.5. The van der Waals surface area contributed by atoms with Crippen LogP contribution in [0.15, 0.2) is 12.1 Å². The minimum Gasteiger partial charge on any atom is -0.376 e. The molecule has 7 heteroatoms. The minimum atomic E-state index is -0.00225. The molecule has 1 atom stereocenters. The number of fused-ring (bicyclic) bond motifs is 1. The van der Waals surface area contributed by atoms with E-state index in [9.17, 15) is 0 Å². The van der Waals surface area contributed by atoms with Gasteiger partial charge in [0, 0.05) is 0 Å². The summed E-state index contributed by atoms with van der Waals surface area (Å²) in [7, 11) is 0. The van der Waals surface area contributed by atoms with Crippen LogP contribution in [0.2, 0.25) is 10.0 Å².